The van der Waals surface area contributed by atoms with Gasteiger partial charge in [-0.15, -0.1) is 0 Å². The lowest BCUT2D eigenvalue weighted by Crippen LogP contribution is -1.98. The molecule has 2 rings (SSSR count). The summed E-state index contributed by atoms with van der Waals surface area (Å²) < 4.78 is 10.8. The lowest BCUT2D eigenvalue weighted by Gasteiger charge is -2.09. The minimum Gasteiger partial charge on any atom is -0.497 e. The Morgan fingerprint density at radius 3 is 2.58 bits per heavy atom. The summed E-state index contributed by atoms with van der Waals surface area (Å²) in [6, 6.07) is 10.9. The Kier molecular flexibility index (Phi) is 4.36. The first-order valence-corrected chi connectivity index (χ1v) is 6.19. The molecule has 1 N–H and O–H groups in total. The molecule has 100 valence electrons. The van der Waals surface area contributed by atoms with E-state index in [4.69, 9.17) is 9.47 Å². The maximum atomic E-state index is 9.66. The van der Waals surface area contributed by atoms with E-state index in [9.17, 15) is 5.11 Å². The highest BCUT2D eigenvalue weighted by molar-refractivity contribution is 5.36. The minimum atomic E-state index is -0.522. The highest BCUT2D eigenvalue weighted by atomic mass is 16.5. The number of aliphatic hydroxyl groups is 1. The molecule has 19 heavy (non-hydrogen) atoms. The fourth-order valence-corrected chi connectivity index (χ4v) is 1.66. The van der Waals surface area contributed by atoms with Gasteiger partial charge < -0.3 is 14.6 Å². The molecule has 0 saturated carbocycles. The van der Waals surface area contributed by atoms with Crippen LogP contribution in [0.3, 0.4) is 0 Å². The molecule has 0 radical (unpaired) electrons. The van der Waals surface area contributed by atoms with E-state index < -0.39 is 6.10 Å². The smallest absolute Gasteiger partial charge is 0.145 e. The van der Waals surface area contributed by atoms with E-state index in [-0.39, 0.29) is 0 Å². The maximum absolute atomic E-state index is 9.66. The molecule has 0 bridgehead atoms. The summed E-state index contributed by atoms with van der Waals surface area (Å²) in [5, 5.41) is 9.66. The van der Waals surface area contributed by atoms with Gasteiger partial charge in [0, 0.05) is 6.07 Å². The van der Waals surface area contributed by atoms with Crippen molar-refractivity contribution in [3.05, 3.63) is 48.3 Å². The number of nitrogens with zero attached hydrogens (tertiary/aromatic N) is 1. The summed E-state index contributed by atoms with van der Waals surface area (Å²) in [7, 11) is 1.61. The predicted octanol–water partition coefficient (Wildman–Crippen LogP) is 3.33. The van der Waals surface area contributed by atoms with Gasteiger partial charge in [-0.3, -0.25) is 4.98 Å². The molecule has 2 aromatic rings. The molecule has 0 unspecified atom stereocenters. The Balaban J connectivity index is 2.10. The van der Waals surface area contributed by atoms with Crippen molar-refractivity contribution >= 4 is 0 Å². The van der Waals surface area contributed by atoms with E-state index >= 15 is 0 Å². The zero-order valence-corrected chi connectivity index (χ0v) is 11.0. The van der Waals surface area contributed by atoms with Gasteiger partial charge in [0.25, 0.3) is 0 Å². The SMILES string of the molecule is CC[C@@H](O)c1ccc(Oc2cccc(OC)c2)cn1. The summed E-state index contributed by atoms with van der Waals surface area (Å²) in [5.41, 5.74) is 0.653. The fraction of sp³-hybridized carbons (Fsp3) is 0.267. The third kappa shape index (κ3) is 3.45. The van der Waals surface area contributed by atoms with Crippen LogP contribution in [0.4, 0.5) is 0 Å². The molecule has 1 atom stereocenters. The molecule has 0 fully saturated rings. The zero-order valence-electron chi connectivity index (χ0n) is 11.0. The van der Waals surface area contributed by atoms with E-state index in [1.165, 1.54) is 0 Å². The van der Waals surface area contributed by atoms with Crippen LogP contribution in [0.2, 0.25) is 0 Å². The normalized spacial score (nSPS) is 11.9. The first-order chi connectivity index (χ1) is 9.22. The van der Waals surface area contributed by atoms with Crippen LogP contribution >= 0.6 is 0 Å². The first kappa shape index (κ1) is 13.4. The number of rotatable bonds is 5. The second-order valence-electron chi connectivity index (χ2n) is 4.12. The lowest BCUT2D eigenvalue weighted by molar-refractivity contribution is 0.169. The number of hydrogen-bond donors (Lipinski definition) is 1. The van der Waals surface area contributed by atoms with E-state index in [2.05, 4.69) is 4.98 Å². The molecule has 1 heterocycles. The molecular formula is C15H17NO3. The summed E-state index contributed by atoms with van der Waals surface area (Å²) in [4.78, 5) is 4.18. The van der Waals surface area contributed by atoms with Gasteiger partial charge in [-0.2, -0.15) is 0 Å². The van der Waals surface area contributed by atoms with Crippen LogP contribution < -0.4 is 9.47 Å². The van der Waals surface area contributed by atoms with Gasteiger partial charge in [0.1, 0.15) is 17.2 Å². The van der Waals surface area contributed by atoms with Gasteiger partial charge in [-0.25, -0.2) is 0 Å². The van der Waals surface area contributed by atoms with Crippen LogP contribution in [0.15, 0.2) is 42.6 Å². The van der Waals surface area contributed by atoms with Gasteiger partial charge in [0.2, 0.25) is 0 Å². The van der Waals surface area contributed by atoms with Crippen molar-refractivity contribution in [2.24, 2.45) is 0 Å². The number of pyridine rings is 1. The molecule has 0 saturated heterocycles. The van der Waals surface area contributed by atoms with Crippen molar-refractivity contribution in [3.63, 3.8) is 0 Å². The molecule has 0 spiro atoms. The van der Waals surface area contributed by atoms with Crippen molar-refractivity contribution in [2.45, 2.75) is 19.4 Å². The molecular weight excluding hydrogens is 242 g/mol. The van der Waals surface area contributed by atoms with Crippen LogP contribution in [0.1, 0.15) is 25.1 Å². The fourth-order valence-electron chi connectivity index (χ4n) is 1.66. The van der Waals surface area contributed by atoms with Gasteiger partial charge in [-0.1, -0.05) is 13.0 Å². The van der Waals surface area contributed by atoms with Crippen LogP contribution in [0.25, 0.3) is 0 Å². The second kappa shape index (κ2) is 6.20. The average Bonchev–Trinajstić information content (AvgIpc) is 2.47. The van der Waals surface area contributed by atoms with E-state index in [0.717, 1.165) is 5.75 Å². The van der Waals surface area contributed by atoms with E-state index in [1.807, 2.05) is 25.1 Å². The third-order valence-electron chi connectivity index (χ3n) is 2.76. The number of hydrogen-bond acceptors (Lipinski definition) is 4. The van der Waals surface area contributed by atoms with E-state index in [1.54, 1.807) is 31.5 Å². The van der Waals surface area contributed by atoms with Gasteiger partial charge >= 0.3 is 0 Å². The molecule has 0 aliphatic rings. The molecule has 0 aliphatic carbocycles. The van der Waals surface area contributed by atoms with Crippen molar-refractivity contribution in [3.8, 4) is 17.2 Å². The van der Waals surface area contributed by atoms with Crippen LogP contribution in [-0.2, 0) is 0 Å². The van der Waals surface area contributed by atoms with Crippen LogP contribution in [0, 0.1) is 0 Å². The van der Waals surface area contributed by atoms with Crippen molar-refractivity contribution < 1.29 is 14.6 Å². The molecule has 0 aliphatic heterocycles. The lowest BCUT2D eigenvalue weighted by atomic mass is 10.2. The molecule has 4 nitrogen and oxygen atoms in total. The predicted molar refractivity (Wildman–Crippen MR) is 72.6 cm³/mol. The van der Waals surface area contributed by atoms with Crippen molar-refractivity contribution in [1.82, 2.24) is 4.98 Å². The third-order valence-corrected chi connectivity index (χ3v) is 2.76. The number of aliphatic hydroxyl groups excluding tert-OH is 1. The molecule has 1 aromatic carbocycles. The molecule has 0 amide bonds. The summed E-state index contributed by atoms with van der Waals surface area (Å²) in [5.74, 6) is 2.05. The summed E-state index contributed by atoms with van der Waals surface area (Å²) in [6.45, 7) is 1.91. The van der Waals surface area contributed by atoms with Gasteiger partial charge in [0.15, 0.2) is 0 Å². The molecule has 4 heteroatoms. The number of ether oxygens (including phenoxy) is 2. The van der Waals surface area contributed by atoms with Crippen LogP contribution in [-0.4, -0.2) is 17.2 Å². The Morgan fingerprint density at radius 1 is 1.16 bits per heavy atom. The highest BCUT2D eigenvalue weighted by Crippen LogP contribution is 2.25. The first-order valence-electron chi connectivity index (χ1n) is 6.19. The standard InChI is InChI=1S/C15H17NO3/c1-3-15(17)14-8-7-13(10-16-14)19-12-6-4-5-11(9-12)18-2/h4-10,15,17H,3H2,1-2H3/t15-/m1/s1. The van der Waals surface area contributed by atoms with Crippen molar-refractivity contribution in [2.75, 3.05) is 7.11 Å². The van der Waals surface area contributed by atoms with Crippen molar-refractivity contribution in [1.29, 1.82) is 0 Å². The zero-order chi connectivity index (χ0) is 13.7. The quantitative estimate of drug-likeness (QED) is 0.894. The Hall–Kier alpha value is -2.07. The minimum absolute atomic E-state index is 0.522. The summed E-state index contributed by atoms with van der Waals surface area (Å²) in [6.07, 6.45) is 1.72. The monoisotopic (exact) mass is 259 g/mol. The molecule has 1 aromatic heterocycles. The maximum Gasteiger partial charge on any atom is 0.145 e. The highest BCUT2D eigenvalue weighted by Gasteiger charge is 2.06. The second-order valence-corrected chi connectivity index (χ2v) is 4.12. The van der Waals surface area contributed by atoms with Gasteiger partial charge in [0.05, 0.1) is 25.1 Å². The van der Waals surface area contributed by atoms with Crippen LogP contribution in [0.5, 0.6) is 17.2 Å². The summed E-state index contributed by atoms with van der Waals surface area (Å²) >= 11 is 0. The number of methoxy groups -OCH3 is 1. The number of aromatic nitrogens is 1. The topological polar surface area (TPSA) is 51.6 Å². The Morgan fingerprint density at radius 2 is 1.95 bits per heavy atom. The Labute approximate surface area is 112 Å². The largest absolute Gasteiger partial charge is 0.497 e. The van der Waals surface area contributed by atoms with E-state index in [0.29, 0.717) is 23.6 Å². The van der Waals surface area contributed by atoms with Gasteiger partial charge in [-0.05, 0) is 30.7 Å². The average molecular weight is 259 g/mol. The Bertz CT molecular complexity index is 525. The number of benzene rings is 1.